The molecule has 1 fully saturated rings. The van der Waals surface area contributed by atoms with E-state index in [0.717, 1.165) is 89.9 Å². The number of epoxide rings is 1. The number of esters is 2. The van der Waals surface area contributed by atoms with E-state index in [9.17, 15) is 19.0 Å². The molecule has 1 heterocycles. The van der Waals surface area contributed by atoms with Gasteiger partial charge in [-0.2, -0.15) is 0 Å². The number of phosphoric ester groups is 1. The first-order valence-corrected chi connectivity index (χ1v) is 23.0. The third-order valence-electron chi connectivity index (χ3n) is 9.00. The van der Waals surface area contributed by atoms with Crippen molar-refractivity contribution in [2.75, 3.05) is 26.4 Å². The Kier molecular flexibility index (Phi) is 33.7. The van der Waals surface area contributed by atoms with Crippen LogP contribution in [0.1, 0.15) is 155 Å². The van der Waals surface area contributed by atoms with E-state index in [2.05, 4.69) is 86.8 Å². The highest BCUT2D eigenvalue weighted by Crippen LogP contribution is 2.43. The van der Waals surface area contributed by atoms with Crippen LogP contribution in [-0.4, -0.2) is 61.5 Å². The van der Waals surface area contributed by atoms with Gasteiger partial charge >= 0.3 is 19.8 Å². The van der Waals surface area contributed by atoms with E-state index >= 15 is 0 Å². The summed E-state index contributed by atoms with van der Waals surface area (Å²) in [5.74, 6) is -0.895. The SMILES string of the molecule is CC/C=C\C/C=C\C/C=C\C/C=C\C/C=C\CCCCCC(=O)OC[C@H](COP(=O)(O)OCCN)OC(=O)CCCCCCC/C=C\CC1OC1CCCCC. The zero-order valence-corrected chi connectivity index (χ0v) is 35.7. The fourth-order valence-electron chi connectivity index (χ4n) is 5.72. The zero-order chi connectivity index (χ0) is 40.8. The molecule has 0 aliphatic carbocycles. The summed E-state index contributed by atoms with van der Waals surface area (Å²) >= 11 is 0. The summed E-state index contributed by atoms with van der Waals surface area (Å²) in [5, 5.41) is 0. The van der Waals surface area contributed by atoms with Crippen molar-refractivity contribution in [2.45, 2.75) is 173 Å². The Hall–Kier alpha value is -2.59. The minimum Gasteiger partial charge on any atom is -0.462 e. The van der Waals surface area contributed by atoms with Crippen molar-refractivity contribution < 1.29 is 42.3 Å². The van der Waals surface area contributed by atoms with Crippen LogP contribution in [0.25, 0.3) is 0 Å². The predicted octanol–water partition coefficient (Wildman–Crippen LogP) is 11.3. The number of phosphoric acid groups is 1. The van der Waals surface area contributed by atoms with Gasteiger partial charge in [0.05, 0.1) is 25.4 Å². The number of carbonyl (C=O) groups is 2. The Labute approximate surface area is 339 Å². The van der Waals surface area contributed by atoms with Gasteiger partial charge in [-0.05, 0) is 83.5 Å². The number of hydrogen-bond acceptors (Lipinski definition) is 9. The van der Waals surface area contributed by atoms with Gasteiger partial charge in [-0.3, -0.25) is 18.6 Å². The average molecular weight is 806 g/mol. The first kappa shape index (κ1) is 51.4. The van der Waals surface area contributed by atoms with Crippen molar-refractivity contribution in [3.63, 3.8) is 0 Å². The number of rotatable bonds is 38. The van der Waals surface area contributed by atoms with E-state index in [1.165, 1.54) is 25.7 Å². The van der Waals surface area contributed by atoms with Crippen LogP contribution >= 0.6 is 7.82 Å². The van der Waals surface area contributed by atoms with E-state index < -0.39 is 32.5 Å². The van der Waals surface area contributed by atoms with Gasteiger partial charge in [0, 0.05) is 19.4 Å². The molecule has 3 unspecified atom stereocenters. The molecular weight excluding hydrogens is 729 g/mol. The van der Waals surface area contributed by atoms with E-state index in [-0.39, 0.29) is 32.6 Å². The van der Waals surface area contributed by atoms with E-state index in [1.807, 2.05) is 0 Å². The van der Waals surface area contributed by atoms with Crippen LogP contribution in [0.3, 0.4) is 0 Å². The molecule has 1 saturated heterocycles. The van der Waals surface area contributed by atoms with Crippen LogP contribution in [0.15, 0.2) is 72.9 Å². The number of allylic oxidation sites excluding steroid dienone is 11. The highest BCUT2D eigenvalue weighted by atomic mass is 31.2. The molecule has 0 amide bonds. The fourth-order valence-corrected chi connectivity index (χ4v) is 6.49. The lowest BCUT2D eigenvalue weighted by molar-refractivity contribution is -0.161. The normalized spacial score (nSPS) is 17.6. The lowest BCUT2D eigenvalue weighted by Gasteiger charge is -2.19. The van der Waals surface area contributed by atoms with Crippen LogP contribution in [-0.2, 0) is 37.4 Å². The molecule has 0 aromatic heterocycles. The van der Waals surface area contributed by atoms with Gasteiger partial charge in [-0.25, -0.2) is 4.57 Å². The Morgan fingerprint density at radius 3 is 1.84 bits per heavy atom. The zero-order valence-electron chi connectivity index (χ0n) is 34.8. The van der Waals surface area contributed by atoms with Gasteiger partial charge in [0.15, 0.2) is 6.10 Å². The molecule has 1 aliphatic rings. The van der Waals surface area contributed by atoms with Gasteiger partial charge in [0.25, 0.3) is 0 Å². The second-order valence-electron chi connectivity index (χ2n) is 14.2. The molecule has 1 rings (SSSR count). The molecule has 4 atom stereocenters. The molecule has 0 spiro atoms. The van der Waals surface area contributed by atoms with E-state index in [1.54, 1.807) is 0 Å². The van der Waals surface area contributed by atoms with E-state index in [4.69, 9.17) is 29.0 Å². The fraction of sp³-hybridized carbons (Fsp3) is 0.689. The van der Waals surface area contributed by atoms with E-state index in [0.29, 0.717) is 25.0 Å². The van der Waals surface area contributed by atoms with Crippen LogP contribution < -0.4 is 5.73 Å². The second kappa shape index (κ2) is 36.7. The molecule has 10 nitrogen and oxygen atoms in total. The van der Waals surface area contributed by atoms with Crippen LogP contribution in [0, 0.1) is 0 Å². The standard InChI is InChI=1S/C45H76NO9P/c1-3-5-7-8-9-10-11-12-13-14-15-16-17-18-19-20-24-27-31-35-44(47)51-39-41(40-53-56(49,50)52-38-37-46)54-45(48)36-32-28-25-22-21-23-26-30-34-43-42(55-43)33-29-6-4-2/h5,7,9-10,12-13,15-16,18-19,26,30,41-43H,3-4,6,8,11,14,17,20-25,27-29,31-40,46H2,1-2H3,(H,49,50)/b7-5-,10-9-,13-12-,16-15-,19-18-,30-26-/t41-,42?,43?/m1/s1. The third-order valence-corrected chi connectivity index (χ3v) is 9.98. The van der Waals surface area contributed by atoms with Crippen LogP contribution in [0.2, 0.25) is 0 Å². The molecular formula is C45H76NO9P. The molecule has 3 N–H and O–H groups in total. The predicted molar refractivity (Wildman–Crippen MR) is 228 cm³/mol. The Balaban J connectivity index is 2.22. The summed E-state index contributed by atoms with van der Waals surface area (Å²) in [6.45, 7) is 3.50. The summed E-state index contributed by atoms with van der Waals surface area (Å²) < 4.78 is 38.5. The maximum absolute atomic E-state index is 12.6. The molecule has 0 aromatic rings. The topological polar surface area (TPSA) is 147 Å². The minimum atomic E-state index is -4.40. The van der Waals surface area contributed by atoms with Gasteiger partial charge in [0.2, 0.25) is 0 Å². The number of ether oxygens (including phenoxy) is 3. The van der Waals surface area contributed by atoms with Gasteiger partial charge in [0.1, 0.15) is 6.61 Å². The maximum atomic E-state index is 12.6. The second-order valence-corrected chi connectivity index (χ2v) is 15.7. The maximum Gasteiger partial charge on any atom is 0.472 e. The summed E-state index contributed by atoms with van der Waals surface area (Å²) in [5.41, 5.74) is 5.34. The van der Waals surface area contributed by atoms with Crippen molar-refractivity contribution >= 4 is 19.8 Å². The average Bonchev–Trinajstić information content (AvgIpc) is 3.94. The molecule has 320 valence electrons. The summed E-state index contributed by atoms with van der Waals surface area (Å²) in [4.78, 5) is 34.9. The lowest BCUT2D eigenvalue weighted by Crippen LogP contribution is -2.29. The summed E-state index contributed by atoms with van der Waals surface area (Å²) in [6.07, 6.45) is 46.7. The number of carbonyl (C=O) groups excluding carboxylic acids is 2. The van der Waals surface area contributed by atoms with Crippen LogP contribution in [0.4, 0.5) is 0 Å². The first-order valence-electron chi connectivity index (χ1n) is 21.5. The molecule has 56 heavy (non-hydrogen) atoms. The number of hydrogen-bond donors (Lipinski definition) is 2. The molecule has 11 heteroatoms. The Morgan fingerprint density at radius 1 is 0.661 bits per heavy atom. The largest absolute Gasteiger partial charge is 0.472 e. The number of unbranched alkanes of at least 4 members (excludes halogenated alkanes) is 10. The van der Waals surface area contributed by atoms with Crippen molar-refractivity contribution in [3.8, 4) is 0 Å². The highest BCUT2D eigenvalue weighted by Gasteiger charge is 2.36. The van der Waals surface area contributed by atoms with Gasteiger partial charge in [-0.1, -0.05) is 132 Å². The van der Waals surface area contributed by atoms with Crippen molar-refractivity contribution in [2.24, 2.45) is 5.73 Å². The van der Waals surface area contributed by atoms with Crippen molar-refractivity contribution in [3.05, 3.63) is 72.9 Å². The van der Waals surface area contributed by atoms with Crippen LogP contribution in [0.5, 0.6) is 0 Å². The molecule has 0 saturated carbocycles. The Morgan fingerprint density at radius 2 is 1.21 bits per heavy atom. The summed E-state index contributed by atoms with van der Waals surface area (Å²) in [7, 11) is -4.40. The lowest BCUT2D eigenvalue weighted by atomic mass is 10.1. The smallest absolute Gasteiger partial charge is 0.462 e. The highest BCUT2D eigenvalue weighted by molar-refractivity contribution is 7.47. The Bertz CT molecular complexity index is 1210. The number of nitrogens with two attached hydrogens (primary N) is 1. The molecule has 0 aromatic carbocycles. The van der Waals surface area contributed by atoms with Crippen molar-refractivity contribution in [1.29, 1.82) is 0 Å². The molecule has 0 radical (unpaired) electrons. The van der Waals surface area contributed by atoms with Crippen molar-refractivity contribution in [1.82, 2.24) is 0 Å². The summed E-state index contributed by atoms with van der Waals surface area (Å²) in [6, 6.07) is 0. The minimum absolute atomic E-state index is 0.0401. The monoisotopic (exact) mass is 806 g/mol. The molecule has 1 aliphatic heterocycles. The third kappa shape index (κ3) is 33.5. The first-order chi connectivity index (χ1) is 27.3. The van der Waals surface area contributed by atoms with Gasteiger partial charge in [-0.15, -0.1) is 0 Å². The molecule has 0 bridgehead atoms. The quantitative estimate of drug-likeness (QED) is 0.0203. The van der Waals surface area contributed by atoms with Gasteiger partial charge < -0.3 is 24.8 Å².